The molecular weight excluding hydrogens is 903 g/mol. The summed E-state index contributed by atoms with van der Waals surface area (Å²) in [7, 11) is 6.86. The third kappa shape index (κ3) is 13.4. The first-order valence-electron chi connectivity index (χ1n) is 25.3. The molecule has 1 unspecified atom stereocenters. The van der Waals surface area contributed by atoms with Crippen molar-refractivity contribution in [3.63, 3.8) is 0 Å². The smallest absolute Gasteiger partial charge is 0.311 e. The Kier molecular flexibility index (Phi) is 20.2. The molecule has 1 aromatic carbocycles. The molecule has 0 amide bonds. The summed E-state index contributed by atoms with van der Waals surface area (Å²) in [6, 6.07) is 9.66. The largest absolute Gasteiger partial charge is 0.459 e. The molecule has 0 bridgehead atoms. The number of nitrogens with zero attached hydrogens (tertiary/aromatic N) is 3. The van der Waals surface area contributed by atoms with E-state index in [2.05, 4.69) is 4.98 Å². The number of imidazole rings is 1. The highest BCUT2D eigenvalue weighted by Gasteiger charge is 2.55. The Bertz CT molecular complexity index is 1980. The highest BCUT2D eigenvalue weighted by Crippen LogP contribution is 2.42. The van der Waals surface area contributed by atoms with Gasteiger partial charge < -0.3 is 62.3 Å². The SMILES string of the molecule is CC[C@H]1OC(=O)[C@H](C)[C@@H](O[C@H]2C[C@@](C)(OC)[C@@H](OC(C)=O)[C@H](C)O2)[C@H](C)[C@@H](OC2O[C@H](C)C[C@H](N(C)C)[C@H]2O)[C@@](C)(OC)C[C@@H](C)C(=O)[C@H](C)[C@@H](OCCCCn2cnc(-c3ccccc3)c2)[C@]1(C)O. The van der Waals surface area contributed by atoms with E-state index in [-0.39, 0.29) is 43.8 Å². The number of rotatable bonds is 16. The van der Waals surface area contributed by atoms with Gasteiger partial charge in [-0.3, -0.25) is 14.4 Å². The summed E-state index contributed by atoms with van der Waals surface area (Å²) in [6.45, 7) is 20.1. The second kappa shape index (κ2) is 24.6. The molecule has 18 atom stereocenters. The number of unbranched alkanes of at least 4 members (excludes halogenated alkanes) is 1. The van der Waals surface area contributed by atoms with Gasteiger partial charge in [-0.05, 0) is 87.7 Å². The van der Waals surface area contributed by atoms with Crippen molar-refractivity contribution in [2.75, 3.05) is 34.9 Å². The summed E-state index contributed by atoms with van der Waals surface area (Å²) in [4.78, 5) is 48.5. The van der Waals surface area contributed by atoms with Crippen LogP contribution in [0, 0.1) is 23.7 Å². The van der Waals surface area contributed by atoms with Crippen LogP contribution in [-0.2, 0) is 63.6 Å². The number of hydrogen-bond donors (Lipinski definition) is 2. The van der Waals surface area contributed by atoms with Crippen molar-refractivity contribution >= 4 is 17.7 Å². The lowest BCUT2D eigenvalue weighted by atomic mass is 9.73. The predicted octanol–water partition coefficient (Wildman–Crippen LogP) is 6.38. The van der Waals surface area contributed by atoms with Gasteiger partial charge in [0.1, 0.15) is 29.2 Å². The minimum Gasteiger partial charge on any atom is -0.459 e. The number of benzene rings is 1. The number of cyclic esters (lactones) is 1. The van der Waals surface area contributed by atoms with E-state index < -0.39 is 108 Å². The number of Topliss-reactive ketones (excluding diaryl/α,β-unsaturated/α-hetero) is 1. The second-order valence-corrected chi connectivity index (χ2v) is 21.1. The van der Waals surface area contributed by atoms with Gasteiger partial charge in [-0.15, -0.1) is 0 Å². The monoisotopic (exact) mass is 988 g/mol. The van der Waals surface area contributed by atoms with Crippen LogP contribution in [-0.4, -0.2) is 162 Å². The van der Waals surface area contributed by atoms with E-state index in [1.807, 2.05) is 102 Å². The van der Waals surface area contributed by atoms with Gasteiger partial charge in [0, 0.05) is 76.3 Å². The second-order valence-electron chi connectivity index (χ2n) is 21.1. The van der Waals surface area contributed by atoms with Gasteiger partial charge in [0.2, 0.25) is 0 Å². The number of hydrogen-bond acceptors (Lipinski definition) is 16. The molecule has 0 spiro atoms. The number of ether oxygens (including phenoxy) is 9. The number of esters is 2. The first-order chi connectivity index (χ1) is 32.9. The Morgan fingerprint density at radius 2 is 1.56 bits per heavy atom. The van der Waals surface area contributed by atoms with Crippen molar-refractivity contribution in [2.45, 2.75) is 205 Å². The average Bonchev–Trinajstić information content (AvgIpc) is 3.80. The van der Waals surface area contributed by atoms with E-state index in [9.17, 15) is 24.6 Å². The topological polar surface area (TPSA) is 196 Å². The van der Waals surface area contributed by atoms with Crippen molar-refractivity contribution in [3.8, 4) is 11.3 Å². The average molecular weight is 988 g/mol. The fourth-order valence-corrected chi connectivity index (χ4v) is 11.1. The number of aryl methyl sites for hydroxylation is 1. The summed E-state index contributed by atoms with van der Waals surface area (Å²) in [5, 5.41) is 24.5. The van der Waals surface area contributed by atoms with Crippen LogP contribution in [0.2, 0.25) is 0 Å². The van der Waals surface area contributed by atoms with Crippen LogP contribution in [0.5, 0.6) is 0 Å². The zero-order valence-electron chi connectivity index (χ0n) is 44.5. The number of aliphatic hydroxyl groups is 2. The molecule has 2 aromatic rings. The van der Waals surface area contributed by atoms with E-state index in [1.165, 1.54) is 14.0 Å². The third-order valence-electron chi connectivity index (χ3n) is 15.3. The number of carbonyl (C=O) groups is 3. The summed E-state index contributed by atoms with van der Waals surface area (Å²) >= 11 is 0. The Balaban J connectivity index is 1.51. The molecule has 3 saturated heterocycles. The minimum atomic E-state index is -1.82. The first kappa shape index (κ1) is 57.5. The fourth-order valence-electron chi connectivity index (χ4n) is 11.1. The summed E-state index contributed by atoms with van der Waals surface area (Å²) < 4.78 is 59.8. The number of aliphatic hydroxyl groups excluding tert-OH is 1. The lowest BCUT2D eigenvalue weighted by Crippen LogP contribution is -2.62. The Labute approximate surface area is 416 Å². The number of aromatic nitrogens is 2. The van der Waals surface area contributed by atoms with E-state index in [0.717, 1.165) is 17.7 Å². The van der Waals surface area contributed by atoms with Crippen molar-refractivity contribution in [1.29, 1.82) is 0 Å². The summed E-state index contributed by atoms with van der Waals surface area (Å²) in [5.74, 6) is -4.65. The molecule has 1 aromatic heterocycles. The predicted molar refractivity (Wildman–Crippen MR) is 261 cm³/mol. The molecule has 0 radical (unpaired) electrons. The van der Waals surface area contributed by atoms with Gasteiger partial charge in [-0.1, -0.05) is 58.0 Å². The Hall–Kier alpha value is -3.36. The van der Waals surface area contributed by atoms with E-state index in [0.29, 0.717) is 19.4 Å². The maximum Gasteiger partial charge on any atom is 0.311 e. The zero-order valence-corrected chi connectivity index (χ0v) is 44.5. The molecule has 70 heavy (non-hydrogen) atoms. The van der Waals surface area contributed by atoms with Crippen molar-refractivity contribution in [3.05, 3.63) is 42.9 Å². The lowest BCUT2D eigenvalue weighted by molar-refractivity contribution is -0.320. The molecular formula is C53H85N3O14. The molecule has 4 heterocycles. The van der Waals surface area contributed by atoms with Gasteiger partial charge >= 0.3 is 11.9 Å². The van der Waals surface area contributed by atoms with Crippen LogP contribution >= 0.6 is 0 Å². The number of ketones is 1. The molecule has 17 nitrogen and oxygen atoms in total. The van der Waals surface area contributed by atoms with E-state index in [4.69, 9.17) is 42.6 Å². The Morgan fingerprint density at radius 3 is 2.17 bits per heavy atom. The van der Waals surface area contributed by atoms with Gasteiger partial charge in [0.05, 0.1) is 54.1 Å². The molecule has 396 valence electrons. The van der Waals surface area contributed by atoms with Crippen LogP contribution in [0.15, 0.2) is 42.9 Å². The maximum atomic E-state index is 14.9. The fraction of sp³-hybridized carbons (Fsp3) is 0.774. The van der Waals surface area contributed by atoms with Crippen LogP contribution in [0.3, 0.4) is 0 Å². The van der Waals surface area contributed by atoms with E-state index in [1.54, 1.807) is 41.1 Å². The molecule has 2 N–H and O–H groups in total. The van der Waals surface area contributed by atoms with Crippen LogP contribution in [0.4, 0.5) is 0 Å². The number of carbonyl (C=O) groups excluding carboxylic acids is 3. The zero-order chi connectivity index (χ0) is 51.9. The van der Waals surface area contributed by atoms with Crippen molar-refractivity contribution in [1.82, 2.24) is 14.5 Å². The highest BCUT2D eigenvalue weighted by atomic mass is 16.7. The van der Waals surface area contributed by atoms with Crippen LogP contribution < -0.4 is 0 Å². The van der Waals surface area contributed by atoms with Crippen LogP contribution in [0.25, 0.3) is 11.3 Å². The van der Waals surface area contributed by atoms with Crippen LogP contribution in [0.1, 0.15) is 115 Å². The van der Waals surface area contributed by atoms with Crippen molar-refractivity contribution < 1.29 is 67.2 Å². The molecule has 0 saturated carbocycles. The van der Waals surface area contributed by atoms with E-state index >= 15 is 0 Å². The quantitative estimate of drug-likeness (QED) is 0.139. The standard InChI is InChI=1S/C53H85N3O14/c1-16-41-53(11,61)47(64-25-21-20-24-56-29-39(54-30-56)38-22-18-17-19-23-38)33(4)43(58)31(2)27-51(9,62-14)46(70-50-44(59)40(55(12)13)26-32(3)65-50)34(5)45(35(6)49(60)68-41)69-42-28-52(10,63-15)48(36(7)66-42)67-37(8)57/h17-19,22-23,29-36,40-42,44-48,50,59,61H,16,20-21,24-28H2,1-15H3/t31-,32-,33+,34+,35-,36+,40+,41-,42+,44-,45+,46-,47-,48+,50?,51+,52-,53-/m1/s1. The first-order valence-corrected chi connectivity index (χ1v) is 25.3. The minimum absolute atomic E-state index is 0.113. The molecule has 3 fully saturated rings. The third-order valence-corrected chi connectivity index (χ3v) is 15.3. The maximum absolute atomic E-state index is 14.9. The number of methoxy groups -OCH3 is 2. The summed E-state index contributed by atoms with van der Waals surface area (Å²) in [6.07, 6.45) is -2.96. The normalized spacial score (nSPS) is 39.3. The molecule has 5 rings (SSSR count). The van der Waals surface area contributed by atoms with Gasteiger partial charge in [0.15, 0.2) is 18.7 Å². The van der Waals surface area contributed by atoms with Gasteiger partial charge in [-0.2, -0.15) is 0 Å². The van der Waals surface area contributed by atoms with Crippen molar-refractivity contribution in [2.24, 2.45) is 23.7 Å². The molecule has 0 aliphatic carbocycles. The highest BCUT2D eigenvalue weighted by molar-refractivity contribution is 5.83. The number of likely N-dealkylation sites (N-methyl/N-ethyl adjacent to an activating group) is 1. The molecule has 17 heteroatoms. The molecule has 3 aliphatic rings. The lowest BCUT2D eigenvalue weighted by Gasteiger charge is -2.50. The molecule has 3 aliphatic heterocycles. The Morgan fingerprint density at radius 1 is 0.900 bits per heavy atom. The van der Waals surface area contributed by atoms with Gasteiger partial charge in [-0.25, -0.2) is 4.98 Å². The van der Waals surface area contributed by atoms with Gasteiger partial charge in [0.25, 0.3) is 0 Å². The summed E-state index contributed by atoms with van der Waals surface area (Å²) in [5.41, 5.74) is -2.23.